The maximum absolute atomic E-state index is 12.4. The van der Waals surface area contributed by atoms with Crippen molar-refractivity contribution in [3.05, 3.63) is 46.4 Å². The Morgan fingerprint density at radius 3 is 2.82 bits per heavy atom. The van der Waals surface area contributed by atoms with Crippen LogP contribution in [0.5, 0.6) is 0 Å². The van der Waals surface area contributed by atoms with Gasteiger partial charge < -0.3 is 24.4 Å². The third kappa shape index (κ3) is 4.21. The average molecular weight is 389 g/mol. The van der Waals surface area contributed by atoms with E-state index < -0.39 is 0 Å². The first-order valence-corrected chi connectivity index (χ1v) is 10.6. The molecule has 28 heavy (non-hydrogen) atoms. The molecule has 0 spiro atoms. The van der Waals surface area contributed by atoms with Gasteiger partial charge >= 0.3 is 0 Å². The van der Waals surface area contributed by atoms with E-state index in [1.54, 1.807) is 12.1 Å². The molecule has 7 heteroatoms. The van der Waals surface area contributed by atoms with Crippen LogP contribution in [0.1, 0.15) is 18.0 Å². The minimum atomic E-state index is 0.108. The first kappa shape index (κ1) is 19.4. The van der Waals surface area contributed by atoms with Crippen LogP contribution >= 0.6 is 0 Å². The molecule has 1 amide bonds. The van der Waals surface area contributed by atoms with Crippen molar-refractivity contribution in [1.82, 2.24) is 9.47 Å². The second kappa shape index (κ2) is 8.59. The van der Waals surface area contributed by atoms with Crippen molar-refractivity contribution in [3.8, 4) is 0 Å². The number of amides is 1. The smallest absolute Gasteiger partial charge is 0.250 e. The number of hydrogen-bond acceptors (Lipinski definition) is 3. The number of quaternary nitrogens is 2. The van der Waals surface area contributed by atoms with Crippen LogP contribution in [0.3, 0.4) is 0 Å². The molecule has 3 aliphatic rings. The van der Waals surface area contributed by atoms with Crippen molar-refractivity contribution in [2.75, 3.05) is 59.0 Å². The number of aliphatic hydroxyl groups is 1. The SMILES string of the molecule is O=C(/C=C/C[NH+]1C[C@@H]2C[C@H](C1)c1cccc(=O)n1C2)N1CC[NH+](CCO)CC1. The van der Waals surface area contributed by atoms with Gasteiger partial charge in [0.15, 0.2) is 0 Å². The van der Waals surface area contributed by atoms with E-state index >= 15 is 0 Å². The van der Waals surface area contributed by atoms with Crippen LogP contribution < -0.4 is 15.4 Å². The van der Waals surface area contributed by atoms with E-state index in [1.165, 1.54) is 21.9 Å². The number of carbonyl (C=O) groups excluding carboxylic acids is 1. The summed E-state index contributed by atoms with van der Waals surface area (Å²) in [5.74, 6) is 1.10. The monoisotopic (exact) mass is 388 g/mol. The number of aliphatic hydroxyl groups excluding tert-OH is 1. The van der Waals surface area contributed by atoms with E-state index in [-0.39, 0.29) is 18.1 Å². The van der Waals surface area contributed by atoms with Gasteiger partial charge in [-0.1, -0.05) is 6.07 Å². The zero-order chi connectivity index (χ0) is 19.5. The van der Waals surface area contributed by atoms with Gasteiger partial charge in [-0.3, -0.25) is 9.59 Å². The number of piperidine rings is 1. The number of hydrogen-bond donors (Lipinski definition) is 3. The van der Waals surface area contributed by atoms with Crippen molar-refractivity contribution in [2.45, 2.75) is 18.9 Å². The van der Waals surface area contributed by atoms with Gasteiger partial charge in [0.2, 0.25) is 5.91 Å². The number of pyridine rings is 1. The highest BCUT2D eigenvalue weighted by Crippen LogP contribution is 2.29. The molecule has 4 heterocycles. The van der Waals surface area contributed by atoms with Crippen molar-refractivity contribution in [1.29, 1.82) is 0 Å². The lowest BCUT2D eigenvalue weighted by Gasteiger charge is -2.40. The molecule has 3 atom stereocenters. The van der Waals surface area contributed by atoms with Gasteiger partial charge in [-0.25, -0.2) is 0 Å². The van der Waals surface area contributed by atoms with Gasteiger partial charge in [-0.15, -0.1) is 0 Å². The maximum atomic E-state index is 12.4. The predicted molar refractivity (Wildman–Crippen MR) is 105 cm³/mol. The van der Waals surface area contributed by atoms with Crippen molar-refractivity contribution in [2.24, 2.45) is 5.92 Å². The topological polar surface area (TPSA) is 71.4 Å². The highest BCUT2D eigenvalue weighted by molar-refractivity contribution is 5.87. The summed E-state index contributed by atoms with van der Waals surface area (Å²) in [6.07, 6.45) is 4.95. The van der Waals surface area contributed by atoms with Gasteiger partial charge in [0.1, 0.15) is 6.54 Å². The van der Waals surface area contributed by atoms with Crippen molar-refractivity contribution >= 4 is 5.91 Å². The fourth-order valence-electron chi connectivity index (χ4n) is 5.17. The van der Waals surface area contributed by atoms with Crippen LogP contribution in [0, 0.1) is 5.92 Å². The molecule has 2 fully saturated rings. The van der Waals surface area contributed by atoms with E-state index in [0.717, 1.165) is 58.9 Å². The van der Waals surface area contributed by atoms with Gasteiger partial charge in [0.05, 0.1) is 52.4 Å². The highest BCUT2D eigenvalue weighted by Gasteiger charge is 2.36. The molecule has 0 aromatic carbocycles. The Kier molecular flexibility index (Phi) is 5.94. The lowest BCUT2D eigenvalue weighted by atomic mass is 9.83. The van der Waals surface area contributed by atoms with Crippen molar-refractivity contribution in [3.63, 3.8) is 0 Å². The Bertz CT molecular complexity index is 782. The zero-order valence-electron chi connectivity index (χ0n) is 16.5. The van der Waals surface area contributed by atoms with Crippen LogP contribution in [-0.4, -0.2) is 79.4 Å². The Labute approximate surface area is 165 Å². The van der Waals surface area contributed by atoms with Crippen LogP contribution in [0.4, 0.5) is 0 Å². The second-order valence-corrected chi connectivity index (χ2v) is 8.51. The summed E-state index contributed by atoms with van der Waals surface area (Å²) >= 11 is 0. The van der Waals surface area contributed by atoms with Gasteiger partial charge in [-0.05, 0) is 18.6 Å². The molecule has 1 unspecified atom stereocenters. The van der Waals surface area contributed by atoms with Crippen LogP contribution in [0.15, 0.2) is 35.1 Å². The molecule has 3 aliphatic heterocycles. The number of aromatic nitrogens is 1. The first-order chi connectivity index (χ1) is 13.6. The summed E-state index contributed by atoms with van der Waals surface area (Å²) in [5, 5.41) is 9.03. The average Bonchev–Trinajstić information content (AvgIpc) is 2.69. The third-order valence-electron chi connectivity index (χ3n) is 6.59. The third-order valence-corrected chi connectivity index (χ3v) is 6.59. The maximum Gasteiger partial charge on any atom is 0.250 e. The number of nitrogens with zero attached hydrogens (tertiary/aromatic N) is 2. The molecule has 0 aliphatic carbocycles. The normalized spacial score (nSPS) is 27.8. The van der Waals surface area contributed by atoms with E-state index in [0.29, 0.717) is 11.8 Å². The minimum Gasteiger partial charge on any atom is -0.391 e. The molecule has 1 aromatic rings. The van der Waals surface area contributed by atoms with Gasteiger partial charge in [-0.2, -0.15) is 0 Å². The zero-order valence-corrected chi connectivity index (χ0v) is 16.5. The van der Waals surface area contributed by atoms with E-state index in [9.17, 15) is 9.59 Å². The molecular weight excluding hydrogens is 356 g/mol. The molecule has 0 radical (unpaired) electrons. The fourth-order valence-corrected chi connectivity index (χ4v) is 5.17. The molecule has 7 nitrogen and oxygen atoms in total. The van der Waals surface area contributed by atoms with Crippen molar-refractivity contribution < 1.29 is 19.7 Å². The number of carbonyl (C=O) groups is 1. The molecule has 4 rings (SSSR count). The van der Waals surface area contributed by atoms with Crippen LogP contribution in [0.25, 0.3) is 0 Å². The van der Waals surface area contributed by atoms with Crippen LogP contribution in [-0.2, 0) is 11.3 Å². The lowest BCUT2D eigenvalue weighted by molar-refractivity contribution is -0.905. The summed E-state index contributed by atoms with van der Waals surface area (Å²) in [6.45, 7) is 8.15. The lowest BCUT2D eigenvalue weighted by Crippen LogP contribution is -3.15. The Morgan fingerprint density at radius 1 is 1.21 bits per heavy atom. The van der Waals surface area contributed by atoms with Gasteiger partial charge in [0.25, 0.3) is 5.56 Å². The summed E-state index contributed by atoms with van der Waals surface area (Å²) in [6, 6.07) is 5.64. The Balaban J connectivity index is 1.29. The quantitative estimate of drug-likeness (QED) is 0.475. The molecule has 2 saturated heterocycles. The molecule has 1 aromatic heterocycles. The molecule has 152 valence electrons. The van der Waals surface area contributed by atoms with E-state index in [4.69, 9.17) is 5.11 Å². The van der Waals surface area contributed by atoms with E-state index in [2.05, 4.69) is 6.07 Å². The summed E-state index contributed by atoms with van der Waals surface area (Å²) < 4.78 is 1.97. The largest absolute Gasteiger partial charge is 0.391 e. The summed E-state index contributed by atoms with van der Waals surface area (Å²) in [5.41, 5.74) is 1.31. The Morgan fingerprint density at radius 2 is 2.04 bits per heavy atom. The predicted octanol–water partition coefficient (Wildman–Crippen LogP) is -2.87. The number of likely N-dealkylation sites (tertiary alicyclic amines) is 1. The highest BCUT2D eigenvalue weighted by atomic mass is 16.3. The second-order valence-electron chi connectivity index (χ2n) is 8.51. The molecule has 2 bridgehead atoms. The number of piperazine rings is 1. The number of rotatable bonds is 5. The van der Waals surface area contributed by atoms with Crippen LogP contribution in [0.2, 0.25) is 0 Å². The minimum absolute atomic E-state index is 0.108. The molecule has 0 saturated carbocycles. The van der Waals surface area contributed by atoms with E-state index in [1.807, 2.05) is 21.6 Å². The fraction of sp³-hybridized carbons (Fsp3) is 0.619. The molecule has 3 N–H and O–H groups in total. The van der Waals surface area contributed by atoms with Gasteiger partial charge in [0, 0.05) is 36.2 Å². The molecular formula is C21H32N4O3+2. The number of nitrogens with one attached hydrogen (secondary N) is 2. The summed E-state index contributed by atoms with van der Waals surface area (Å²) in [7, 11) is 0. The Hall–Kier alpha value is -1.96. The summed E-state index contributed by atoms with van der Waals surface area (Å²) in [4.78, 5) is 29.4. The number of fused-ring (bicyclic) bond motifs is 4. The first-order valence-electron chi connectivity index (χ1n) is 10.6. The standard InChI is InChI=1S/C21H30N4O3/c26-12-11-22-7-9-24(10-8-22)20(27)5-2-6-23-14-17-13-18(16-23)19-3-1-4-21(28)25(19)15-17/h1-5,17-18,26H,6-16H2/p+2/b5-2+/t17-,18+/m0/s1.